The number of likely N-dealkylation sites (N-methyl/N-ethyl adjacent to an activating group) is 1. The molecule has 0 aliphatic rings. The first-order valence-corrected chi connectivity index (χ1v) is 4.89. The molecule has 1 unspecified atom stereocenters. The van der Waals surface area contributed by atoms with Crippen LogP contribution >= 0.6 is 11.3 Å². The Morgan fingerprint density at radius 2 is 2.38 bits per heavy atom. The fraction of sp³-hybridized carbons (Fsp3) is 0.444. The first-order chi connectivity index (χ1) is 6.19. The van der Waals surface area contributed by atoms with Crippen molar-refractivity contribution in [1.29, 1.82) is 0 Å². The van der Waals surface area contributed by atoms with Crippen molar-refractivity contribution in [3.63, 3.8) is 0 Å². The van der Waals surface area contributed by atoms with Gasteiger partial charge in [-0.15, -0.1) is 11.3 Å². The van der Waals surface area contributed by atoms with E-state index in [1.165, 1.54) is 11.3 Å². The van der Waals surface area contributed by atoms with E-state index in [1.807, 2.05) is 24.9 Å². The lowest BCUT2D eigenvalue weighted by Crippen LogP contribution is -2.30. The van der Waals surface area contributed by atoms with Crippen LogP contribution in [0.3, 0.4) is 0 Å². The summed E-state index contributed by atoms with van der Waals surface area (Å²) in [5.41, 5.74) is 0. The van der Waals surface area contributed by atoms with Crippen LogP contribution in [0.5, 0.6) is 0 Å². The lowest BCUT2D eigenvalue weighted by atomic mass is 10.3. The minimum Gasteiger partial charge on any atom is -0.394 e. The highest BCUT2D eigenvalue weighted by Crippen LogP contribution is 2.25. The second-order valence-corrected chi connectivity index (χ2v) is 4.03. The molecule has 1 rings (SSSR count). The van der Waals surface area contributed by atoms with Gasteiger partial charge in [0.1, 0.15) is 0 Å². The third-order valence-corrected chi connectivity index (χ3v) is 3.10. The molecule has 0 aliphatic heterocycles. The van der Waals surface area contributed by atoms with Crippen LogP contribution in [0.25, 0.3) is 0 Å². The van der Waals surface area contributed by atoms with E-state index in [-0.39, 0.29) is 12.6 Å². The largest absolute Gasteiger partial charge is 0.394 e. The van der Waals surface area contributed by atoms with E-state index in [4.69, 9.17) is 5.11 Å². The van der Waals surface area contributed by atoms with Crippen LogP contribution in [0, 0.1) is 0 Å². The molecule has 0 bridgehead atoms. The van der Waals surface area contributed by atoms with Gasteiger partial charge < -0.3 is 10.0 Å². The summed E-state index contributed by atoms with van der Waals surface area (Å²) in [6.07, 6.45) is 0.839. The Bertz CT molecular complexity index is 285. The third-order valence-electron chi connectivity index (χ3n) is 2.00. The zero-order chi connectivity index (χ0) is 9.84. The van der Waals surface area contributed by atoms with E-state index in [0.29, 0.717) is 4.88 Å². The summed E-state index contributed by atoms with van der Waals surface area (Å²) < 4.78 is 0. The summed E-state index contributed by atoms with van der Waals surface area (Å²) in [7, 11) is 1.90. The summed E-state index contributed by atoms with van der Waals surface area (Å²) in [6.45, 7) is 2.05. The Hall–Kier alpha value is -0.870. The minimum atomic E-state index is 0.0816. The van der Waals surface area contributed by atoms with Gasteiger partial charge >= 0.3 is 0 Å². The standard InChI is InChI=1S/C9H13NO2S/c1-7(5-11)10(2)9-4-3-8(6-12)13-9/h3-4,6-7,11H,5H2,1-2H3. The molecule has 1 aromatic heterocycles. The Labute approximate surface area is 81.6 Å². The van der Waals surface area contributed by atoms with Crippen molar-refractivity contribution in [2.75, 3.05) is 18.6 Å². The normalized spacial score (nSPS) is 12.5. The zero-order valence-electron chi connectivity index (χ0n) is 7.73. The molecule has 13 heavy (non-hydrogen) atoms. The lowest BCUT2D eigenvalue weighted by molar-refractivity contribution is 0.112. The molecule has 0 aliphatic carbocycles. The third kappa shape index (κ3) is 2.29. The molecule has 72 valence electrons. The van der Waals surface area contributed by atoms with Gasteiger partial charge in [0.05, 0.1) is 16.5 Å². The number of anilines is 1. The smallest absolute Gasteiger partial charge is 0.160 e. The van der Waals surface area contributed by atoms with Gasteiger partial charge in [-0.25, -0.2) is 0 Å². The average Bonchev–Trinajstić information content (AvgIpc) is 2.63. The Balaban J connectivity index is 2.76. The second kappa shape index (κ2) is 4.39. The van der Waals surface area contributed by atoms with Gasteiger partial charge in [-0.05, 0) is 19.1 Å². The number of aldehydes is 1. The number of rotatable bonds is 4. The number of aliphatic hydroxyl groups is 1. The summed E-state index contributed by atoms with van der Waals surface area (Å²) >= 11 is 1.43. The highest BCUT2D eigenvalue weighted by molar-refractivity contribution is 7.17. The summed E-state index contributed by atoms with van der Waals surface area (Å²) in [4.78, 5) is 13.1. The quantitative estimate of drug-likeness (QED) is 0.745. The van der Waals surface area contributed by atoms with Crippen LogP contribution in [0.2, 0.25) is 0 Å². The van der Waals surface area contributed by atoms with Crippen LogP contribution in [-0.4, -0.2) is 31.1 Å². The summed E-state index contributed by atoms with van der Waals surface area (Å²) in [6, 6.07) is 3.76. The van der Waals surface area contributed by atoms with E-state index in [0.717, 1.165) is 11.3 Å². The van der Waals surface area contributed by atoms with Gasteiger partial charge in [-0.3, -0.25) is 4.79 Å². The molecule has 3 nitrogen and oxygen atoms in total. The number of hydrogen-bond acceptors (Lipinski definition) is 4. The number of carbonyl (C=O) groups is 1. The number of thiophene rings is 1. The fourth-order valence-corrected chi connectivity index (χ4v) is 1.82. The molecule has 0 aromatic carbocycles. The van der Waals surface area contributed by atoms with E-state index < -0.39 is 0 Å². The van der Waals surface area contributed by atoms with Gasteiger partial charge in [0, 0.05) is 13.1 Å². The predicted molar refractivity (Wildman–Crippen MR) is 54.7 cm³/mol. The molecular formula is C9H13NO2S. The average molecular weight is 199 g/mol. The molecule has 0 radical (unpaired) electrons. The zero-order valence-corrected chi connectivity index (χ0v) is 8.54. The maximum absolute atomic E-state index is 10.4. The van der Waals surface area contributed by atoms with E-state index in [9.17, 15) is 4.79 Å². The van der Waals surface area contributed by atoms with Crippen molar-refractivity contribution in [2.45, 2.75) is 13.0 Å². The summed E-state index contributed by atoms with van der Waals surface area (Å²) in [5, 5.41) is 9.93. The SMILES string of the molecule is CC(CO)N(C)c1ccc(C=O)s1. The molecule has 4 heteroatoms. The molecule has 0 saturated carbocycles. The molecule has 0 saturated heterocycles. The van der Waals surface area contributed by atoms with Crippen molar-refractivity contribution in [1.82, 2.24) is 0 Å². The number of aliphatic hydroxyl groups excluding tert-OH is 1. The second-order valence-electron chi connectivity index (χ2n) is 2.94. The molecule has 0 fully saturated rings. The van der Waals surface area contributed by atoms with Gasteiger partial charge in [0.2, 0.25) is 0 Å². The van der Waals surface area contributed by atoms with Gasteiger partial charge in [-0.2, -0.15) is 0 Å². The molecule has 0 amide bonds. The van der Waals surface area contributed by atoms with E-state index >= 15 is 0 Å². The number of carbonyl (C=O) groups excluding carboxylic acids is 1. The first-order valence-electron chi connectivity index (χ1n) is 4.07. The Morgan fingerprint density at radius 3 is 2.85 bits per heavy atom. The monoisotopic (exact) mass is 199 g/mol. The maximum atomic E-state index is 10.4. The molecule has 1 N–H and O–H groups in total. The van der Waals surface area contributed by atoms with Crippen molar-refractivity contribution >= 4 is 22.6 Å². The maximum Gasteiger partial charge on any atom is 0.160 e. The van der Waals surface area contributed by atoms with Gasteiger partial charge in [-0.1, -0.05) is 0 Å². The molecular weight excluding hydrogens is 186 g/mol. The van der Waals surface area contributed by atoms with Crippen molar-refractivity contribution in [2.24, 2.45) is 0 Å². The lowest BCUT2D eigenvalue weighted by Gasteiger charge is -2.23. The van der Waals surface area contributed by atoms with Crippen LogP contribution in [0.1, 0.15) is 16.6 Å². The Morgan fingerprint density at radius 1 is 1.69 bits per heavy atom. The van der Waals surface area contributed by atoms with Crippen LogP contribution in [0.4, 0.5) is 5.00 Å². The number of nitrogens with zero attached hydrogens (tertiary/aromatic N) is 1. The van der Waals surface area contributed by atoms with Gasteiger partial charge in [0.15, 0.2) is 6.29 Å². The molecule has 1 aromatic rings. The highest BCUT2D eigenvalue weighted by atomic mass is 32.1. The molecule has 1 heterocycles. The van der Waals surface area contributed by atoms with Crippen LogP contribution in [0.15, 0.2) is 12.1 Å². The highest BCUT2D eigenvalue weighted by Gasteiger charge is 2.10. The Kier molecular flexibility index (Phi) is 3.45. The minimum absolute atomic E-state index is 0.0816. The van der Waals surface area contributed by atoms with Crippen LogP contribution in [-0.2, 0) is 0 Å². The topological polar surface area (TPSA) is 40.5 Å². The first kappa shape index (κ1) is 10.2. The van der Waals surface area contributed by atoms with Crippen molar-refractivity contribution in [3.05, 3.63) is 17.0 Å². The number of hydrogen-bond donors (Lipinski definition) is 1. The summed E-state index contributed by atoms with van der Waals surface area (Å²) in [5.74, 6) is 0. The fourth-order valence-electron chi connectivity index (χ4n) is 0.935. The van der Waals surface area contributed by atoms with Crippen molar-refractivity contribution in [3.8, 4) is 0 Å². The molecule has 1 atom stereocenters. The van der Waals surface area contributed by atoms with Crippen LogP contribution < -0.4 is 4.90 Å². The van der Waals surface area contributed by atoms with E-state index in [2.05, 4.69) is 0 Å². The van der Waals surface area contributed by atoms with Gasteiger partial charge in [0.25, 0.3) is 0 Å². The van der Waals surface area contributed by atoms with E-state index in [1.54, 1.807) is 6.07 Å². The molecule has 0 spiro atoms. The predicted octanol–water partition coefficient (Wildman–Crippen LogP) is 1.38. The van der Waals surface area contributed by atoms with Crippen molar-refractivity contribution < 1.29 is 9.90 Å².